The Kier molecular flexibility index (Phi) is 10.5. The molecule has 1 heterocycles. The highest BCUT2D eigenvalue weighted by atomic mass is 35.5. The number of nitrogens with two attached hydrogens (primary N) is 1. The van der Waals surface area contributed by atoms with Crippen LogP contribution in [0.4, 0.5) is 5.69 Å². The van der Waals surface area contributed by atoms with Crippen LogP contribution in [-0.4, -0.2) is 71.2 Å². The summed E-state index contributed by atoms with van der Waals surface area (Å²) in [5.74, 6) is 0.0179. The van der Waals surface area contributed by atoms with Crippen molar-refractivity contribution in [3.05, 3.63) is 29.3 Å². The van der Waals surface area contributed by atoms with Gasteiger partial charge in [-0.25, -0.2) is 0 Å². The van der Waals surface area contributed by atoms with E-state index in [0.29, 0.717) is 57.8 Å². The second kappa shape index (κ2) is 12.9. The highest BCUT2D eigenvalue weighted by molar-refractivity contribution is 6.33. The summed E-state index contributed by atoms with van der Waals surface area (Å²) in [7, 11) is 0. The Morgan fingerprint density at radius 3 is 2.48 bits per heavy atom. The van der Waals surface area contributed by atoms with E-state index >= 15 is 0 Å². The number of ether oxygens (including phenoxy) is 3. The predicted octanol–water partition coefficient (Wildman–Crippen LogP) is 1.43. The fourth-order valence-electron chi connectivity index (χ4n) is 3.00. The molecule has 2 rings (SSSR count). The number of carbonyl (C=O) groups excluding carboxylic acids is 1. The largest absolute Gasteiger partial charge is 0.378 e. The van der Waals surface area contributed by atoms with E-state index in [2.05, 4.69) is 10.2 Å². The SMILES string of the molecule is NCCOCCOCCOCCNC(=O)C1CCCN1c1ccccc1Cl. The molecule has 1 aliphatic rings. The first-order valence-corrected chi connectivity index (χ1v) is 9.84. The Balaban J connectivity index is 1.57. The molecule has 0 spiro atoms. The van der Waals surface area contributed by atoms with Crippen molar-refractivity contribution in [2.45, 2.75) is 18.9 Å². The minimum absolute atomic E-state index is 0.0179. The van der Waals surface area contributed by atoms with Gasteiger partial charge in [0.25, 0.3) is 0 Å². The lowest BCUT2D eigenvalue weighted by Gasteiger charge is -2.26. The molecule has 1 aromatic carbocycles. The van der Waals surface area contributed by atoms with Gasteiger partial charge < -0.3 is 30.2 Å². The Hall–Kier alpha value is -1.38. The molecule has 0 saturated carbocycles. The molecule has 0 aromatic heterocycles. The van der Waals surface area contributed by atoms with Crippen molar-refractivity contribution >= 4 is 23.2 Å². The van der Waals surface area contributed by atoms with Gasteiger partial charge in [0.1, 0.15) is 6.04 Å². The van der Waals surface area contributed by atoms with Crippen LogP contribution < -0.4 is 16.0 Å². The summed E-state index contributed by atoms with van der Waals surface area (Å²) in [6.45, 7) is 4.90. The number of anilines is 1. The number of hydrogen-bond donors (Lipinski definition) is 2. The van der Waals surface area contributed by atoms with Crippen molar-refractivity contribution in [2.75, 3.05) is 64.2 Å². The first-order valence-electron chi connectivity index (χ1n) is 9.46. The van der Waals surface area contributed by atoms with Gasteiger partial charge in [0.2, 0.25) is 5.91 Å². The van der Waals surface area contributed by atoms with Crippen molar-refractivity contribution in [1.29, 1.82) is 0 Å². The third kappa shape index (κ3) is 7.63. The normalized spacial score (nSPS) is 16.7. The number of rotatable bonds is 13. The number of nitrogens with one attached hydrogen (secondary N) is 1. The lowest BCUT2D eigenvalue weighted by Crippen LogP contribution is -2.44. The number of hydrogen-bond acceptors (Lipinski definition) is 6. The number of carbonyl (C=O) groups is 1. The maximum atomic E-state index is 12.5. The zero-order valence-corrected chi connectivity index (χ0v) is 16.5. The maximum absolute atomic E-state index is 12.5. The van der Waals surface area contributed by atoms with Crippen LogP contribution in [0.1, 0.15) is 12.8 Å². The van der Waals surface area contributed by atoms with E-state index in [1.807, 2.05) is 24.3 Å². The van der Waals surface area contributed by atoms with Crippen LogP contribution in [0.3, 0.4) is 0 Å². The van der Waals surface area contributed by atoms with Gasteiger partial charge in [-0.3, -0.25) is 4.79 Å². The molecule has 1 fully saturated rings. The van der Waals surface area contributed by atoms with Gasteiger partial charge in [-0.15, -0.1) is 0 Å². The van der Waals surface area contributed by atoms with Crippen LogP contribution >= 0.6 is 11.6 Å². The zero-order valence-electron chi connectivity index (χ0n) is 15.7. The Bertz CT molecular complexity index is 562. The van der Waals surface area contributed by atoms with Crippen molar-refractivity contribution in [3.63, 3.8) is 0 Å². The Morgan fingerprint density at radius 1 is 1.11 bits per heavy atom. The summed E-state index contributed by atoms with van der Waals surface area (Å²) in [6, 6.07) is 7.46. The fourth-order valence-corrected chi connectivity index (χ4v) is 3.25. The highest BCUT2D eigenvalue weighted by Gasteiger charge is 2.31. The highest BCUT2D eigenvalue weighted by Crippen LogP contribution is 2.31. The molecule has 3 N–H and O–H groups in total. The lowest BCUT2D eigenvalue weighted by atomic mass is 10.2. The standard InChI is InChI=1S/C19H30ClN3O4/c20-16-4-1-2-5-17(16)23-9-3-6-18(23)19(24)22-8-11-26-13-15-27-14-12-25-10-7-21/h1-2,4-5,18H,3,6-15,21H2,(H,22,24). The average molecular weight is 400 g/mol. The summed E-state index contributed by atoms with van der Waals surface area (Å²) in [5.41, 5.74) is 6.24. The van der Waals surface area contributed by atoms with Gasteiger partial charge in [-0.05, 0) is 25.0 Å². The zero-order chi connectivity index (χ0) is 19.3. The molecule has 1 amide bonds. The third-order valence-electron chi connectivity index (χ3n) is 4.27. The van der Waals surface area contributed by atoms with Gasteiger partial charge in [-0.1, -0.05) is 23.7 Å². The van der Waals surface area contributed by atoms with Crippen LogP contribution in [-0.2, 0) is 19.0 Å². The minimum Gasteiger partial charge on any atom is -0.378 e. The molecule has 0 radical (unpaired) electrons. The van der Waals surface area contributed by atoms with Crippen LogP contribution in [0, 0.1) is 0 Å². The van der Waals surface area contributed by atoms with Crippen molar-refractivity contribution in [3.8, 4) is 0 Å². The van der Waals surface area contributed by atoms with E-state index in [-0.39, 0.29) is 11.9 Å². The summed E-state index contributed by atoms with van der Waals surface area (Å²) in [4.78, 5) is 14.6. The predicted molar refractivity (Wildman–Crippen MR) is 106 cm³/mol. The molecule has 1 unspecified atom stereocenters. The summed E-state index contributed by atoms with van der Waals surface area (Å²) in [6.07, 6.45) is 1.81. The molecule has 1 aliphatic heterocycles. The topological polar surface area (TPSA) is 86.0 Å². The molecule has 0 aliphatic carbocycles. The van der Waals surface area contributed by atoms with E-state index in [1.165, 1.54) is 0 Å². The van der Waals surface area contributed by atoms with E-state index < -0.39 is 0 Å². The fraction of sp³-hybridized carbons (Fsp3) is 0.632. The van der Waals surface area contributed by atoms with Gasteiger partial charge in [-0.2, -0.15) is 0 Å². The molecule has 1 saturated heterocycles. The quantitative estimate of drug-likeness (QED) is 0.488. The van der Waals surface area contributed by atoms with Crippen molar-refractivity contribution in [2.24, 2.45) is 5.73 Å². The van der Waals surface area contributed by atoms with Crippen LogP contribution in [0.2, 0.25) is 5.02 Å². The maximum Gasteiger partial charge on any atom is 0.242 e. The third-order valence-corrected chi connectivity index (χ3v) is 4.59. The van der Waals surface area contributed by atoms with Gasteiger partial charge >= 0.3 is 0 Å². The molecule has 152 valence electrons. The number of amides is 1. The number of nitrogens with zero attached hydrogens (tertiary/aromatic N) is 1. The molecule has 27 heavy (non-hydrogen) atoms. The van der Waals surface area contributed by atoms with Crippen LogP contribution in [0.25, 0.3) is 0 Å². The van der Waals surface area contributed by atoms with E-state index in [1.54, 1.807) is 0 Å². The summed E-state index contributed by atoms with van der Waals surface area (Å²) < 4.78 is 16.0. The molecule has 1 atom stereocenters. The van der Waals surface area contributed by atoms with E-state index in [9.17, 15) is 4.79 Å². The van der Waals surface area contributed by atoms with Crippen LogP contribution in [0.15, 0.2) is 24.3 Å². The molecule has 1 aromatic rings. The summed E-state index contributed by atoms with van der Waals surface area (Å²) >= 11 is 6.28. The number of benzene rings is 1. The number of para-hydroxylation sites is 1. The molecule has 7 nitrogen and oxygen atoms in total. The lowest BCUT2D eigenvalue weighted by molar-refractivity contribution is -0.122. The average Bonchev–Trinajstić information content (AvgIpc) is 3.16. The molecule has 8 heteroatoms. The first kappa shape index (κ1) is 21.9. The van der Waals surface area contributed by atoms with Gasteiger partial charge in [0, 0.05) is 19.6 Å². The smallest absolute Gasteiger partial charge is 0.242 e. The molecular formula is C19H30ClN3O4. The monoisotopic (exact) mass is 399 g/mol. The Labute approximate surface area is 166 Å². The van der Waals surface area contributed by atoms with Gasteiger partial charge in [0.15, 0.2) is 0 Å². The Morgan fingerprint density at radius 2 is 1.78 bits per heavy atom. The van der Waals surface area contributed by atoms with E-state index in [4.69, 9.17) is 31.5 Å². The van der Waals surface area contributed by atoms with E-state index in [0.717, 1.165) is 25.1 Å². The molecule has 0 bridgehead atoms. The second-order valence-electron chi connectivity index (χ2n) is 6.22. The summed E-state index contributed by atoms with van der Waals surface area (Å²) in [5, 5.41) is 3.62. The van der Waals surface area contributed by atoms with Crippen LogP contribution in [0.5, 0.6) is 0 Å². The molecular weight excluding hydrogens is 370 g/mol. The van der Waals surface area contributed by atoms with Gasteiger partial charge in [0.05, 0.1) is 50.4 Å². The minimum atomic E-state index is -0.179. The van der Waals surface area contributed by atoms with Crippen molar-refractivity contribution in [1.82, 2.24) is 5.32 Å². The number of halogens is 1. The van der Waals surface area contributed by atoms with Crippen molar-refractivity contribution < 1.29 is 19.0 Å². The second-order valence-corrected chi connectivity index (χ2v) is 6.63. The first-order chi connectivity index (χ1) is 13.2.